The third-order valence-electron chi connectivity index (χ3n) is 5.43. The summed E-state index contributed by atoms with van der Waals surface area (Å²) in [5, 5.41) is 0. The third kappa shape index (κ3) is 5.37. The summed E-state index contributed by atoms with van der Waals surface area (Å²) >= 11 is 0. The van der Waals surface area contributed by atoms with E-state index < -0.39 is 21.6 Å². The molecule has 0 aliphatic heterocycles. The van der Waals surface area contributed by atoms with Crippen molar-refractivity contribution in [3.8, 4) is 0 Å². The Labute approximate surface area is 165 Å². The average Bonchev–Trinajstić information content (AvgIpc) is 2.59. The van der Waals surface area contributed by atoms with Gasteiger partial charge in [-0.1, -0.05) is 52.0 Å². The van der Waals surface area contributed by atoms with Crippen molar-refractivity contribution >= 4 is 9.84 Å². The second-order valence-electron chi connectivity index (χ2n) is 8.64. The molecule has 28 heavy (non-hydrogen) atoms. The van der Waals surface area contributed by atoms with Gasteiger partial charge in [0.1, 0.15) is 0 Å². The maximum absolute atomic E-state index is 12.8. The van der Waals surface area contributed by atoms with Crippen molar-refractivity contribution in [3.05, 3.63) is 65.2 Å². The van der Waals surface area contributed by atoms with E-state index in [0.29, 0.717) is 0 Å². The predicted octanol–water partition coefficient (Wildman–Crippen LogP) is 6.14. The Balaban J connectivity index is 2.14. The van der Waals surface area contributed by atoms with Crippen molar-refractivity contribution in [2.75, 3.05) is 6.26 Å². The van der Waals surface area contributed by atoms with Gasteiger partial charge in [-0.05, 0) is 59.1 Å². The van der Waals surface area contributed by atoms with Gasteiger partial charge in [0.05, 0.1) is 10.5 Å². The van der Waals surface area contributed by atoms with Crippen LogP contribution in [0.1, 0.15) is 57.2 Å². The van der Waals surface area contributed by atoms with Crippen LogP contribution in [-0.2, 0) is 26.8 Å². The molecule has 154 valence electrons. The molecular weight excluding hydrogens is 385 g/mol. The van der Waals surface area contributed by atoms with Gasteiger partial charge < -0.3 is 0 Å². The monoisotopic (exact) mass is 412 g/mol. The normalized spacial score (nSPS) is 13.6. The van der Waals surface area contributed by atoms with Crippen LogP contribution in [0.5, 0.6) is 0 Å². The molecule has 0 aliphatic carbocycles. The standard InChI is InChI=1S/C22H27F3O2S/c1-20(2,16-6-8-18(9-7-16)22(23,24)25)14-15-21(3,4)17-10-12-19(13-11-17)28(5,26)27/h6-13H,14-15H2,1-5H3. The summed E-state index contributed by atoms with van der Waals surface area (Å²) in [7, 11) is -3.23. The Morgan fingerprint density at radius 1 is 0.679 bits per heavy atom. The van der Waals surface area contributed by atoms with Crippen LogP contribution in [0.3, 0.4) is 0 Å². The molecule has 0 saturated carbocycles. The molecule has 0 aliphatic rings. The van der Waals surface area contributed by atoms with Crippen LogP contribution in [0.2, 0.25) is 0 Å². The van der Waals surface area contributed by atoms with Crippen molar-refractivity contribution in [3.63, 3.8) is 0 Å². The molecule has 0 amide bonds. The minimum absolute atomic E-state index is 0.195. The minimum Gasteiger partial charge on any atom is -0.224 e. The highest BCUT2D eigenvalue weighted by Crippen LogP contribution is 2.37. The van der Waals surface area contributed by atoms with Crippen molar-refractivity contribution in [2.24, 2.45) is 0 Å². The maximum atomic E-state index is 12.8. The summed E-state index contributed by atoms with van der Waals surface area (Å²) < 4.78 is 61.6. The molecule has 0 bridgehead atoms. The van der Waals surface area contributed by atoms with Crippen LogP contribution in [-0.4, -0.2) is 14.7 Å². The molecule has 0 heterocycles. The number of alkyl halides is 3. The molecule has 2 nitrogen and oxygen atoms in total. The molecule has 0 radical (unpaired) electrons. The molecule has 0 spiro atoms. The second kappa shape index (κ2) is 7.54. The van der Waals surface area contributed by atoms with E-state index in [2.05, 4.69) is 13.8 Å². The quantitative estimate of drug-likeness (QED) is 0.571. The largest absolute Gasteiger partial charge is 0.416 e. The maximum Gasteiger partial charge on any atom is 0.416 e. The van der Waals surface area contributed by atoms with Gasteiger partial charge in [0.15, 0.2) is 9.84 Å². The molecular formula is C22H27F3O2S. The Morgan fingerprint density at radius 3 is 1.32 bits per heavy atom. The van der Waals surface area contributed by atoms with Gasteiger partial charge >= 0.3 is 6.18 Å². The van der Waals surface area contributed by atoms with E-state index in [9.17, 15) is 21.6 Å². The summed E-state index contributed by atoms with van der Waals surface area (Å²) in [6, 6.07) is 12.3. The fraction of sp³-hybridized carbons (Fsp3) is 0.455. The summed E-state index contributed by atoms with van der Waals surface area (Å²) in [5.74, 6) is 0. The van der Waals surface area contributed by atoms with Gasteiger partial charge in [0.25, 0.3) is 0 Å². The van der Waals surface area contributed by atoms with E-state index >= 15 is 0 Å². The summed E-state index contributed by atoms with van der Waals surface area (Å²) in [4.78, 5) is 0.289. The molecule has 0 N–H and O–H groups in total. The molecule has 2 rings (SSSR count). The molecule has 2 aromatic rings. The van der Waals surface area contributed by atoms with Crippen molar-refractivity contribution in [1.82, 2.24) is 0 Å². The van der Waals surface area contributed by atoms with E-state index in [0.717, 1.165) is 36.1 Å². The highest BCUT2D eigenvalue weighted by atomic mass is 32.2. The highest BCUT2D eigenvalue weighted by molar-refractivity contribution is 7.90. The van der Waals surface area contributed by atoms with Gasteiger partial charge in [-0.2, -0.15) is 13.2 Å². The first-order valence-electron chi connectivity index (χ1n) is 9.11. The molecule has 0 unspecified atom stereocenters. The number of sulfone groups is 1. The van der Waals surface area contributed by atoms with Gasteiger partial charge in [-0.3, -0.25) is 0 Å². The third-order valence-corrected chi connectivity index (χ3v) is 6.56. The molecule has 0 fully saturated rings. The molecule has 0 saturated heterocycles. The van der Waals surface area contributed by atoms with Crippen LogP contribution in [0, 0.1) is 0 Å². The van der Waals surface area contributed by atoms with Gasteiger partial charge in [-0.25, -0.2) is 8.42 Å². The Hall–Kier alpha value is -1.82. The van der Waals surface area contributed by atoms with Gasteiger partial charge in [0, 0.05) is 6.26 Å². The first kappa shape index (κ1) is 22.5. The van der Waals surface area contributed by atoms with E-state index in [1.807, 2.05) is 26.0 Å². The lowest BCUT2D eigenvalue weighted by molar-refractivity contribution is -0.137. The number of benzene rings is 2. The number of rotatable bonds is 6. The fourth-order valence-electron chi connectivity index (χ4n) is 3.18. The Morgan fingerprint density at radius 2 is 1.00 bits per heavy atom. The zero-order chi connectivity index (χ0) is 21.4. The van der Waals surface area contributed by atoms with Crippen LogP contribution in [0.4, 0.5) is 13.2 Å². The van der Waals surface area contributed by atoms with Crippen LogP contribution < -0.4 is 0 Å². The lowest BCUT2D eigenvalue weighted by Crippen LogP contribution is -2.24. The first-order chi connectivity index (χ1) is 12.6. The van der Waals surface area contributed by atoms with E-state index in [-0.39, 0.29) is 15.7 Å². The van der Waals surface area contributed by atoms with Gasteiger partial charge in [-0.15, -0.1) is 0 Å². The molecule has 0 aromatic heterocycles. The molecule has 2 aromatic carbocycles. The fourth-order valence-corrected chi connectivity index (χ4v) is 3.81. The number of halogens is 3. The SMILES string of the molecule is CC(C)(CCC(C)(C)c1ccc(S(C)(=O)=O)cc1)c1ccc(C(F)(F)F)cc1. The second-order valence-corrected chi connectivity index (χ2v) is 10.7. The smallest absolute Gasteiger partial charge is 0.224 e. The lowest BCUT2D eigenvalue weighted by atomic mass is 9.73. The van der Waals surface area contributed by atoms with Gasteiger partial charge in [0.2, 0.25) is 0 Å². The summed E-state index contributed by atoms with van der Waals surface area (Å²) in [6.07, 6.45) is -1.57. The molecule has 6 heteroatoms. The Kier molecular flexibility index (Phi) is 6.05. The zero-order valence-electron chi connectivity index (χ0n) is 16.9. The number of hydrogen-bond acceptors (Lipinski definition) is 2. The van der Waals surface area contributed by atoms with Crippen LogP contribution >= 0.6 is 0 Å². The highest BCUT2D eigenvalue weighted by Gasteiger charge is 2.32. The van der Waals surface area contributed by atoms with Crippen molar-refractivity contribution in [2.45, 2.75) is 62.4 Å². The number of hydrogen-bond donors (Lipinski definition) is 0. The predicted molar refractivity (Wildman–Crippen MR) is 106 cm³/mol. The van der Waals surface area contributed by atoms with Crippen molar-refractivity contribution < 1.29 is 21.6 Å². The topological polar surface area (TPSA) is 34.1 Å². The summed E-state index contributed by atoms with van der Waals surface area (Å²) in [5.41, 5.74) is 0.776. The van der Waals surface area contributed by atoms with E-state index in [1.165, 1.54) is 6.26 Å². The van der Waals surface area contributed by atoms with E-state index in [4.69, 9.17) is 0 Å². The van der Waals surface area contributed by atoms with E-state index in [1.54, 1.807) is 24.3 Å². The first-order valence-corrected chi connectivity index (χ1v) is 11.0. The minimum atomic E-state index is -4.33. The van der Waals surface area contributed by atoms with Crippen molar-refractivity contribution in [1.29, 1.82) is 0 Å². The van der Waals surface area contributed by atoms with Crippen LogP contribution in [0.25, 0.3) is 0 Å². The summed E-state index contributed by atoms with van der Waals surface area (Å²) in [6.45, 7) is 8.23. The van der Waals surface area contributed by atoms with Crippen LogP contribution in [0.15, 0.2) is 53.4 Å². The Bertz CT molecular complexity index is 908. The zero-order valence-corrected chi connectivity index (χ0v) is 17.7. The lowest BCUT2D eigenvalue weighted by Gasteiger charge is -2.32. The molecule has 0 atom stereocenters. The average molecular weight is 413 g/mol.